The molecule has 0 atom stereocenters. The molecule has 0 spiro atoms. The fourth-order valence-electron chi connectivity index (χ4n) is 1.52. The summed E-state index contributed by atoms with van der Waals surface area (Å²) in [6, 6.07) is 3.40. The van der Waals surface area contributed by atoms with Gasteiger partial charge in [0.1, 0.15) is 17.5 Å². The molecule has 0 aliphatic carbocycles. The van der Waals surface area contributed by atoms with Crippen molar-refractivity contribution >= 4 is 6.16 Å². The fraction of sp³-hybridized carbons (Fsp3) is 0.0909. The van der Waals surface area contributed by atoms with E-state index in [1.165, 1.54) is 13.1 Å². The number of imidazole rings is 1. The standard InChI is InChI=1S/C11H8F2N2O3/c1-15-8(18-11(16)17)5-14-10(15)9-6(12)3-2-4-7(9)13/h2-5H,1H3,(H,16,17). The Morgan fingerprint density at radius 2 is 2.00 bits per heavy atom. The number of nitrogens with zero attached hydrogens (tertiary/aromatic N) is 2. The Kier molecular flexibility index (Phi) is 2.97. The largest absolute Gasteiger partial charge is 0.512 e. The minimum absolute atomic E-state index is 0.0538. The highest BCUT2D eigenvalue weighted by molar-refractivity contribution is 5.62. The molecule has 1 N–H and O–H groups in total. The number of benzene rings is 1. The van der Waals surface area contributed by atoms with Gasteiger partial charge in [-0.25, -0.2) is 18.6 Å². The Balaban J connectivity index is 2.52. The number of carbonyl (C=O) groups is 1. The van der Waals surface area contributed by atoms with Gasteiger partial charge in [0.05, 0.1) is 11.8 Å². The van der Waals surface area contributed by atoms with Gasteiger partial charge in [-0.1, -0.05) is 6.07 Å². The molecule has 5 nitrogen and oxygen atoms in total. The lowest BCUT2D eigenvalue weighted by atomic mass is 10.2. The van der Waals surface area contributed by atoms with Crippen LogP contribution in [0.4, 0.5) is 13.6 Å². The Hall–Kier alpha value is -2.44. The van der Waals surface area contributed by atoms with E-state index in [9.17, 15) is 13.6 Å². The lowest BCUT2D eigenvalue weighted by Crippen LogP contribution is -2.07. The van der Waals surface area contributed by atoms with Gasteiger partial charge in [-0.3, -0.25) is 4.57 Å². The molecule has 94 valence electrons. The van der Waals surface area contributed by atoms with Gasteiger partial charge < -0.3 is 9.84 Å². The highest BCUT2D eigenvalue weighted by atomic mass is 19.1. The van der Waals surface area contributed by atoms with Crippen molar-refractivity contribution in [2.45, 2.75) is 0 Å². The number of aromatic nitrogens is 2. The molecule has 0 radical (unpaired) electrons. The highest BCUT2D eigenvalue weighted by Gasteiger charge is 2.18. The van der Waals surface area contributed by atoms with Gasteiger partial charge in [-0.15, -0.1) is 0 Å². The molecule has 1 heterocycles. The third kappa shape index (κ3) is 2.02. The molecule has 18 heavy (non-hydrogen) atoms. The van der Waals surface area contributed by atoms with Crippen molar-refractivity contribution < 1.29 is 23.4 Å². The maximum absolute atomic E-state index is 13.5. The Bertz CT molecular complexity index is 590. The average molecular weight is 254 g/mol. The first kappa shape index (κ1) is 12.0. The third-order valence-electron chi connectivity index (χ3n) is 2.32. The van der Waals surface area contributed by atoms with Gasteiger partial charge in [0.2, 0.25) is 5.88 Å². The normalized spacial score (nSPS) is 10.4. The molecule has 1 aromatic carbocycles. The Morgan fingerprint density at radius 3 is 2.56 bits per heavy atom. The first-order valence-corrected chi connectivity index (χ1v) is 4.87. The van der Waals surface area contributed by atoms with Crippen molar-refractivity contribution in [3.63, 3.8) is 0 Å². The van der Waals surface area contributed by atoms with Crippen LogP contribution >= 0.6 is 0 Å². The fourth-order valence-corrected chi connectivity index (χ4v) is 1.52. The second kappa shape index (κ2) is 4.44. The van der Waals surface area contributed by atoms with E-state index in [4.69, 9.17) is 5.11 Å². The summed E-state index contributed by atoms with van der Waals surface area (Å²) in [6.45, 7) is 0. The van der Waals surface area contributed by atoms with Gasteiger partial charge >= 0.3 is 6.16 Å². The molecule has 0 unspecified atom stereocenters. The van der Waals surface area contributed by atoms with Crippen molar-refractivity contribution in [2.75, 3.05) is 0 Å². The van der Waals surface area contributed by atoms with Crippen LogP contribution in [0.5, 0.6) is 5.88 Å². The number of hydrogen-bond acceptors (Lipinski definition) is 3. The summed E-state index contributed by atoms with van der Waals surface area (Å²) >= 11 is 0. The van der Waals surface area contributed by atoms with Gasteiger partial charge in [-0.05, 0) is 12.1 Å². The minimum atomic E-state index is -1.53. The van der Waals surface area contributed by atoms with Crippen LogP contribution in [0.1, 0.15) is 0 Å². The predicted octanol–water partition coefficient (Wildman–Crippen LogP) is 2.42. The van der Waals surface area contributed by atoms with E-state index in [2.05, 4.69) is 9.72 Å². The number of hydrogen-bond donors (Lipinski definition) is 1. The van der Waals surface area contributed by atoms with Crippen LogP contribution in [0.2, 0.25) is 0 Å². The van der Waals surface area contributed by atoms with E-state index >= 15 is 0 Å². The van der Waals surface area contributed by atoms with E-state index in [0.717, 1.165) is 22.9 Å². The Labute approximate surface area is 100 Å². The van der Waals surface area contributed by atoms with Crippen molar-refractivity contribution in [3.05, 3.63) is 36.0 Å². The van der Waals surface area contributed by atoms with Crippen molar-refractivity contribution in [1.82, 2.24) is 9.55 Å². The summed E-state index contributed by atoms with van der Waals surface area (Å²) < 4.78 is 32.6. The molecular formula is C11H8F2N2O3. The van der Waals surface area contributed by atoms with Gasteiger partial charge in [-0.2, -0.15) is 0 Å². The lowest BCUT2D eigenvalue weighted by molar-refractivity contribution is 0.141. The molecule has 0 saturated carbocycles. The first-order valence-electron chi connectivity index (χ1n) is 4.87. The number of halogens is 2. The zero-order valence-electron chi connectivity index (χ0n) is 9.22. The smallest absolute Gasteiger partial charge is 0.449 e. The van der Waals surface area contributed by atoms with Gasteiger partial charge in [0.25, 0.3) is 0 Å². The maximum atomic E-state index is 13.5. The third-order valence-corrected chi connectivity index (χ3v) is 2.32. The van der Waals surface area contributed by atoms with Crippen LogP contribution in [0, 0.1) is 11.6 Å². The first-order chi connectivity index (χ1) is 8.50. The molecule has 1 aromatic heterocycles. The van der Waals surface area contributed by atoms with Crippen LogP contribution in [0.3, 0.4) is 0 Å². The molecule has 0 aliphatic heterocycles. The predicted molar refractivity (Wildman–Crippen MR) is 57.2 cm³/mol. The summed E-state index contributed by atoms with van der Waals surface area (Å²) in [5.74, 6) is -1.75. The van der Waals surface area contributed by atoms with Gasteiger partial charge in [0.15, 0.2) is 0 Å². The van der Waals surface area contributed by atoms with Crippen molar-refractivity contribution in [1.29, 1.82) is 0 Å². The summed E-state index contributed by atoms with van der Waals surface area (Å²) in [6.07, 6.45) is -0.450. The zero-order valence-corrected chi connectivity index (χ0v) is 9.22. The Morgan fingerprint density at radius 1 is 1.39 bits per heavy atom. The van der Waals surface area contributed by atoms with Crippen LogP contribution in [-0.2, 0) is 7.05 Å². The highest BCUT2D eigenvalue weighted by Crippen LogP contribution is 2.27. The topological polar surface area (TPSA) is 64.3 Å². The molecular weight excluding hydrogens is 246 g/mol. The SMILES string of the molecule is Cn1c(OC(=O)O)cnc1-c1c(F)cccc1F. The minimum Gasteiger partial charge on any atom is -0.449 e. The van der Waals surface area contributed by atoms with Crippen LogP contribution in [-0.4, -0.2) is 20.8 Å². The molecule has 0 bridgehead atoms. The van der Waals surface area contributed by atoms with Gasteiger partial charge in [0, 0.05) is 7.05 Å². The molecule has 7 heteroatoms. The molecule has 0 aliphatic rings. The number of carboxylic acid groups (broad SMARTS) is 1. The zero-order chi connectivity index (χ0) is 13.3. The van der Waals surface area contributed by atoms with Crippen LogP contribution < -0.4 is 4.74 Å². The van der Waals surface area contributed by atoms with Crippen LogP contribution in [0.15, 0.2) is 24.4 Å². The van der Waals surface area contributed by atoms with E-state index in [0.29, 0.717) is 0 Å². The monoisotopic (exact) mass is 254 g/mol. The summed E-state index contributed by atoms with van der Waals surface area (Å²) in [5.41, 5.74) is -0.333. The maximum Gasteiger partial charge on any atom is 0.512 e. The molecule has 2 aromatic rings. The molecule has 2 rings (SSSR count). The molecule has 0 saturated heterocycles. The van der Waals surface area contributed by atoms with E-state index in [1.807, 2.05) is 0 Å². The molecule has 0 amide bonds. The van der Waals surface area contributed by atoms with E-state index in [1.54, 1.807) is 0 Å². The quantitative estimate of drug-likeness (QED) is 0.836. The van der Waals surface area contributed by atoms with Crippen molar-refractivity contribution in [2.24, 2.45) is 7.05 Å². The summed E-state index contributed by atoms with van der Waals surface area (Å²) in [4.78, 5) is 14.1. The van der Waals surface area contributed by atoms with E-state index < -0.39 is 17.8 Å². The second-order valence-corrected chi connectivity index (χ2v) is 3.44. The lowest BCUT2D eigenvalue weighted by Gasteiger charge is -2.06. The van der Waals surface area contributed by atoms with E-state index in [-0.39, 0.29) is 17.3 Å². The summed E-state index contributed by atoms with van der Waals surface area (Å²) in [5, 5.41) is 8.47. The number of rotatable bonds is 2. The second-order valence-electron chi connectivity index (χ2n) is 3.44. The number of ether oxygens (including phenoxy) is 1. The molecule has 0 fully saturated rings. The van der Waals surface area contributed by atoms with Crippen molar-refractivity contribution in [3.8, 4) is 17.3 Å². The average Bonchev–Trinajstić information content (AvgIpc) is 2.61. The summed E-state index contributed by atoms with van der Waals surface area (Å²) in [7, 11) is 1.40. The van der Waals surface area contributed by atoms with Crippen LogP contribution in [0.25, 0.3) is 11.4 Å².